The van der Waals surface area contributed by atoms with Gasteiger partial charge in [0, 0.05) is 16.8 Å². The molecule has 0 aliphatic carbocycles. The van der Waals surface area contributed by atoms with E-state index >= 15 is 0 Å². The standard InChI is InChI=1S/C15H15ClN2S2/c1-3-19-14-6-4-5-13(12(14)9-17)18(2)10-11-7-8-15(16)20-11/h4-8H,3,10H2,1-2H3. The predicted octanol–water partition coefficient (Wildman–Crippen LogP) is 5.02. The number of hydrogen-bond acceptors (Lipinski definition) is 4. The zero-order chi connectivity index (χ0) is 14.5. The van der Waals surface area contributed by atoms with Crippen molar-refractivity contribution < 1.29 is 0 Å². The van der Waals surface area contributed by atoms with Crippen molar-refractivity contribution in [2.45, 2.75) is 18.4 Å². The molecule has 1 aromatic carbocycles. The first-order chi connectivity index (χ1) is 9.65. The summed E-state index contributed by atoms with van der Waals surface area (Å²) in [6.07, 6.45) is 0. The van der Waals surface area contributed by atoms with Gasteiger partial charge in [0.25, 0.3) is 0 Å². The van der Waals surface area contributed by atoms with E-state index in [-0.39, 0.29) is 0 Å². The number of hydrogen-bond donors (Lipinski definition) is 0. The van der Waals surface area contributed by atoms with Crippen molar-refractivity contribution >= 4 is 40.4 Å². The van der Waals surface area contributed by atoms with E-state index in [4.69, 9.17) is 11.6 Å². The molecule has 2 nitrogen and oxygen atoms in total. The van der Waals surface area contributed by atoms with Crippen LogP contribution in [0, 0.1) is 11.3 Å². The Hall–Kier alpha value is -1.15. The Morgan fingerprint density at radius 2 is 2.15 bits per heavy atom. The average Bonchev–Trinajstić information content (AvgIpc) is 2.84. The van der Waals surface area contributed by atoms with Gasteiger partial charge in [-0.15, -0.1) is 23.1 Å². The molecule has 0 saturated carbocycles. The SMILES string of the molecule is CCSc1cccc(N(C)Cc2ccc(Cl)s2)c1C#N. The van der Waals surface area contributed by atoms with Gasteiger partial charge in [-0.3, -0.25) is 0 Å². The molecule has 0 aliphatic heterocycles. The number of thiophene rings is 1. The van der Waals surface area contributed by atoms with Crippen molar-refractivity contribution in [3.63, 3.8) is 0 Å². The average molecular weight is 323 g/mol. The van der Waals surface area contributed by atoms with Crippen molar-refractivity contribution in [3.8, 4) is 6.07 Å². The molecule has 0 fully saturated rings. The summed E-state index contributed by atoms with van der Waals surface area (Å²) in [6, 6.07) is 12.3. The molecule has 1 aromatic heterocycles. The maximum atomic E-state index is 9.44. The van der Waals surface area contributed by atoms with Crippen molar-refractivity contribution in [3.05, 3.63) is 45.1 Å². The predicted molar refractivity (Wildman–Crippen MR) is 89.0 cm³/mol. The van der Waals surface area contributed by atoms with Gasteiger partial charge < -0.3 is 4.90 Å². The van der Waals surface area contributed by atoms with E-state index in [1.165, 1.54) is 4.88 Å². The number of nitriles is 1. The molecule has 104 valence electrons. The fourth-order valence-electron chi connectivity index (χ4n) is 1.98. The number of nitrogens with zero attached hydrogens (tertiary/aromatic N) is 2. The monoisotopic (exact) mass is 322 g/mol. The summed E-state index contributed by atoms with van der Waals surface area (Å²) in [5.74, 6) is 0.961. The van der Waals surface area contributed by atoms with Crippen LogP contribution >= 0.6 is 34.7 Å². The highest BCUT2D eigenvalue weighted by Crippen LogP contribution is 2.31. The summed E-state index contributed by atoms with van der Waals surface area (Å²) in [5, 5.41) is 9.44. The lowest BCUT2D eigenvalue weighted by Gasteiger charge is -2.21. The summed E-state index contributed by atoms with van der Waals surface area (Å²) in [5.41, 5.74) is 1.72. The highest BCUT2D eigenvalue weighted by molar-refractivity contribution is 7.99. The van der Waals surface area contributed by atoms with E-state index in [9.17, 15) is 5.26 Å². The second-order valence-corrected chi connectivity index (χ2v) is 7.36. The highest BCUT2D eigenvalue weighted by Gasteiger charge is 2.12. The van der Waals surface area contributed by atoms with E-state index < -0.39 is 0 Å². The van der Waals surface area contributed by atoms with E-state index in [0.717, 1.165) is 32.8 Å². The summed E-state index contributed by atoms with van der Waals surface area (Å²) < 4.78 is 0.796. The first kappa shape index (κ1) is 15.2. The molecule has 0 unspecified atom stereocenters. The smallest absolute Gasteiger partial charge is 0.103 e. The lowest BCUT2D eigenvalue weighted by molar-refractivity contribution is 0.934. The number of benzene rings is 1. The Bertz CT molecular complexity index is 631. The third-order valence-corrected chi connectivity index (χ3v) is 5.00. The Labute approximate surface area is 133 Å². The zero-order valence-corrected chi connectivity index (χ0v) is 13.8. The molecular weight excluding hydrogens is 308 g/mol. The molecule has 0 N–H and O–H groups in total. The second-order valence-electron chi connectivity index (χ2n) is 4.26. The third-order valence-electron chi connectivity index (χ3n) is 2.85. The Morgan fingerprint density at radius 1 is 1.35 bits per heavy atom. The zero-order valence-electron chi connectivity index (χ0n) is 11.4. The Balaban J connectivity index is 2.27. The van der Waals surface area contributed by atoms with Crippen LogP contribution in [0.15, 0.2) is 35.2 Å². The molecule has 0 bridgehead atoms. The van der Waals surface area contributed by atoms with Gasteiger partial charge in [0.2, 0.25) is 0 Å². The lowest BCUT2D eigenvalue weighted by atomic mass is 10.1. The largest absolute Gasteiger partial charge is 0.368 e. The lowest BCUT2D eigenvalue weighted by Crippen LogP contribution is -2.17. The molecular formula is C15H15ClN2S2. The summed E-state index contributed by atoms with van der Waals surface area (Å²) in [4.78, 5) is 4.33. The number of rotatable bonds is 5. The molecule has 20 heavy (non-hydrogen) atoms. The Kier molecular flexibility index (Phi) is 5.36. The van der Waals surface area contributed by atoms with Gasteiger partial charge in [0.05, 0.1) is 22.1 Å². The van der Waals surface area contributed by atoms with Gasteiger partial charge in [-0.25, -0.2) is 0 Å². The quantitative estimate of drug-likeness (QED) is 0.723. The van der Waals surface area contributed by atoms with Crippen molar-refractivity contribution in [2.75, 3.05) is 17.7 Å². The minimum Gasteiger partial charge on any atom is -0.368 e. The van der Waals surface area contributed by atoms with Crippen LogP contribution in [0.1, 0.15) is 17.4 Å². The molecule has 0 amide bonds. The minimum absolute atomic E-state index is 0.754. The maximum Gasteiger partial charge on any atom is 0.103 e. The maximum absolute atomic E-state index is 9.44. The fraction of sp³-hybridized carbons (Fsp3) is 0.267. The molecule has 5 heteroatoms. The van der Waals surface area contributed by atoms with Gasteiger partial charge in [-0.05, 0) is 30.0 Å². The summed E-state index contributed by atoms with van der Waals surface area (Å²) in [6.45, 7) is 2.85. The van der Waals surface area contributed by atoms with E-state index in [1.807, 2.05) is 37.4 Å². The molecule has 2 rings (SSSR count). The first-order valence-corrected chi connectivity index (χ1v) is 8.45. The van der Waals surface area contributed by atoms with Crippen LogP contribution in [0.4, 0.5) is 5.69 Å². The van der Waals surface area contributed by atoms with Gasteiger partial charge in [0.15, 0.2) is 0 Å². The number of thioether (sulfide) groups is 1. The molecule has 0 aliphatic rings. The van der Waals surface area contributed by atoms with Crippen LogP contribution in [-0.4, -0.2) is 12.8 Å². The third kappa shape index (κ3) is 3.49. The van der Waals surface area contributed by atoms with Gasteiger partial charge in [-0.1, -0.05) is 24.6 Å². The van der Waals surface area contributed by atoms with Gasteiger partial charge in [0.1, 0.15) is 6.07 Å². The van der Waals surface area contributed by atoms with Crippen LogP contribution in [0.3, 0.4) is 0 Å². The van der Waals surface area contributed by atoms with Crippen LogP contribution < -0.4 is 4.90 Å². The van der Waals surface area contributed by atoms with Crippen molar-refractivity contribution in [1.29, 1.82) is 5.26 Å². The van der Waals surface area contributed by atoms with Crippen LogP contribution in [0.25, 0.3) is 0 Å². The molecule has 0 saturated heterocycles. The van der Waals surface area contributed by atoms with E-state index in [2.05, 4.69) is 17.9 Å². The van der Waals surface area contributed by atoms with Crippen LogP contribution in [0.5, 0.6) is 0 Å². The van der Waals surface area contributed by atoms with E-state index in [0.29, 0.717) is 0 Å². The van der Waals surface area contributed by atoms with Crippen molar-refractivity contribution in [2.24, 2.45) is 0 Å². The number of anilines is 1. The van der Waals surface area contributed by atoms with Crippen LogP contribution in [0.2, 0.25) is 4.34 Å². The second kappa shape index (κ2) is 7.03. The normalized spacial score (nSPS) is 10.3. The Morgan fingerprint density at radius 3 is 2.75 bits per heavy atom. The highest BCUT2D eigenvalue weighted by atomic mass is 35.5. The molecule has 0 radical (unpaired) electrons. The topological polar surface area (TPSA) is 27.0 Å². The molecule has 0 spiro atoms. The molecule has 2 aromatic rings. The minimum atomic E-state index is 0.754. The fourth-order valence-corrected chi connectivity index (χ4v) is 3.90. The summed E-state index contributed by atoms with van der Waals surface area (Å²) in [7, 11) is 2.00. The van der Waals surface area contributed by atoms with E-state index in [1.54, 1.807) is 23.1 Å². The van der Waals surface area contributed by atoms with Gasteiger partial charge in [-0.2, -0.15) is 5.26 Å². The van der Waals surface area contributed by atoms with Crippen molar-refractivity contribution in [1.82, 2.24) is 0 Å². The first-order valence-electron chi connectivity index (χ1n) is 6.27. The van der Waals surface area contributed by atoms with Crippen LogP contribution in [-0.2, 0) is 6.54 Å². The van der Waals surface area contributed by atoms with Gasteiger partial charge >= 0.3 is 0 Å². The molecule has 1 heterocycles. The number of halogens is 1. The molecule has 0 atom stereocenters. The summed E-state index contributed by atoms with van der Waals surface area (Å²) >= 11 is 9.23.